The van der Waals surface area contributed by atoms with Gasteiger partial charge < -0.3 is 4.74 Å². The third kappa shape index (κ3) is 1.67. The van der Waals surface area contributed by atoms with Gasteiger partial charge >= 0.3 is 6.18 Å². The lowest BCUT2D eigenvalue weighted by atomic mass is 9.94. The van der Waals surface area contributed by atoms with Crippen molar-refractivity contribution in [3.63, 3.8) is 0 Å². The highest BCUT2D eigenvalue weighted by Gasteiger charge is 2.49. The van der Waals surface area contributed by atoms with Gasteiger partial charge in [-0.1, -0.05) is 13.8 Å². The van der Waals surface area contributed by atoms with E-state index in [2.05, 4.69) is 4.74 Å². The SMILES string of the molecule is CC1COC(C(F)(F)F)C1C. The predicted molar refractivity (Wildman–Crippen MR) is 34.1 cm³/mol. The fraction of sp³-hybridized carbons (Fsp3) is 1.00. The highest BCUT2D eigenvalue weighted by molar-refractivity contribution is 4.83. The third-order valence-corrected chi connectivity index (χ3v) is 2.24. The molecule has 1 heterocycles. The monoisotopic (exact) mass is 168 g/mol. The molecule has 0 aliphatic carbocycles. The second-order valence-corrected chi connectivity index (χ2v) is 3.13. The molecule has 0 N–H and O–H groups in total. The summed E-state index contributed by atoms with van der Waals surface area (Å²) in [5.74, 6) is -0.392. The molecular weight excluding hydrogens is 157 g/mol. The highest BCUT2D eigenvalue weighted by atomic mass is 19.4. The average molecular weight is 168 g/mol. The van der Waals surface area contributed by atoms with Gasteiger partial charge in [0.15, 0.2) is 6.10 Å². The van der Waals surface area contributed by atoms with Crippen LogP contribution in [0.2, 0.25) is 0 Å². The highest BCUT2D eigenvalue weighted by Crippen LogP contribution is 2.36. The van der Waals surface area contributed by atoms with Gasteiger partial charge in [-0.05, 0) is 11.8 Å². The molecule has 0 aromatic rings. The van der Waals surface area contributed by atoms with E-state index in [0.717, 1.165) is 0 Å². The molecular formula is C7H11F3O. The zero-order valence-electron chi connectivity index (χ0n) is 6.48. The summed E-state index contributed by atoms with van der Waals surface area (Å²) in [4.78, 5) is 0. The summed E-state index contributed by atoms with van der Waals surface area (Å²) in [6.45, 7) is 3.58. The Balaban J connectivity index is 2.62. The van der Waals surface area contributed by atoms with Gasteiger partial charge in [-0.15, -0.1) is 0 Å². The standard InChI is InChI=1S/C7H11F3O/c1-4-3-11-6(5(4)2)7(8,9)10/h4-6H,3H2,1-2H3. The fourth-order valence-corrected chi connectivity index (χ4v) is 1.25. The number of alkyl halides is 3. The van der Waals surface area contributed by atoms with Crippen LogP contribution in [0.5, 0.6) is 0 Å². The van der Waals surface area contributed by atoms with E-state index >= 15 is 0 Å². The van der Waals surface area contributed by atoms with Crippen LogP contribution in [0.4, 0.5) is 13.2 Å². The van der Waals surface area contributed by atoms with Crippen LogP contribution in [0.25, 0.3) is 0 Å². The molecule has 3 atom stereocenters. The summed E-state index contributed by atoms with van der Waals surface area (Å²) in [5, 5.41) is 0. The van der Waals surface area contributed by atoms with Gasteiger partial charge in [0, 0.05) is 0 Å². The quantitative estimate of drug-likeness (QED) is 0.539. The fourth-order valence-electron chi connectivity index (χ4n) is 1.25. The van der Waals surface area contributed by atoms with Crippen LogP contribution in [0.1, 0.15) is 13.8 Å². The molecule has 0 amide bonds. The van der Waals surface area contributed by atoms with Crippen molar-refractivity contribution in [3.05, 3.63) is 0 Å². The van der Waals surface area contributed by atoms with Crippen LogP contribution in [0.15, 0.2) is 0 Å². The Morgan fingerprint density at radius 2 is 1.82 bits per heavy atom. The smallest absolute Gasteiger partial charge is 0.368 e. The second kappa shape index (κ2) is 2.66. The first-order valence-corrected chi connectivity index (χ1v) is 3.61. The molecule has 0 aromatic heterocycles. The Hall–Kier alpha value is -0.250. The first-order chi connectivity index (χ1) is 4.93. The minimum Gasteiger partial charge on any atom is -0.368 e. The summed E-state index contributed by atoms with van der Waals surface area (Å²) < 4.78 is 40.8. The first-order valence-electron chi connectivity index (χ1n) is 3.61. The van der Waals surface area contributed by atoms with Gasteiger partial charge in [0.05, 0.1) is 6.61 Å². The van der Waals surface area contributed by atoms with Gasteiger partial charge in [-0.2, -0.15) is 13.2 Å². The van der Waals surface area contributed by atoms with Gasteiger partial charge in [-0.25, -0.2) is 0 Å². The maximum atomic E-state index is 12.1. The predicted octanol–water partition coefficient (Wildman–Crippen LogP) is 2.22. The van der Waals surface area contributed by atoms with Crippen LogP contribution in [-0.2, 0) is 4.74 Å². The minimum atomic E-state index is -4.19. The van der Waals surface area contributed by atoms with E-state index in [0.29, 0.717) is 0 Å². The molecule has 0 saturated carbocycles. The summed E-state index contributed by atoms with van der Waals surface area (Å²) in [5.41, 5.74) is 0. The molecule has 1 fully saturated rings. The molecule has 4 heteroatoms. The van der Waals surface area contributed by atoms with Crippen molar-refractivity contribution < 1.29 is 17.9 Å². The van der Waals surface area contributed by atoms with Crippen LogP contribution < -0.4 is 0 Å². The molecule has 0 bridgehead atoms. The topological polar surface area (TPSA) is 9.23 Å². The summed E-state index contributed by atoms with van der Waals surface area (Å²) in [6, 6.07) is 0. The summed E-state index contributed by atoms with van der Waals surface area (Å²) in [6.07, 6.45) is -5.73. The third-order valence-electron chi connectivity index (χ3n) is 2.24. The van der Waals surface area contributed by atoms with Crippen molar-refractivity contribution in [3.8, 4) is 0 Å². The van der Waals surface area contributed by atoms with E-state index in [1.165, 1.54) is 0 Å². The normalized spacial score (nSPS) is 39.5. The Morgan fingerprint density at radius 3 is 2.00 bits per heavy atom. The van der Waals surface area contributed by atoms with Crippen molar-refractivity contribution in [1.82, 2.24) is 0 Å². The molecule has 11 heavy (non-hydrogen) atoms. The largest absolute Gasteiger partial charge is 0.414 e. The molecule has 66 valence electrons. The lowest BCUT2D eigenvalue weighted by Gasteiger charge is -2.18. The number of hydrogen-bond donors (Lipinski definition) is 0. The second-order valence-electron chi connectivity index (χ2n) is 3.13. The Bertz CT molecular complexity index is 143. The first kappa shape index (κ1) is 8.84. The summed E-state index contributed by atoms with van der Waals surface area (Å²) >= 11 is 0. The van der Waals surface area contributed by atoms with E-state index in [-0.39, 0.29) is 12.5 Å². The van der Waals surface area contributed by atoms with Crippen molar-refractivity contribution in [2.24, 2.45) is 11.8 Å². The van der Waals surface area contributed by atoms with Crippen molar-refractivity contribution in [2.75, 3.05) is 6.61 Å². The summed E-state index contributed by atoms with van der Waals surface area (Å²) in [7, 11) is 0. The lowest BCUT2D eigenvalue weighted by molar-refractivity contribution is -0.215. The maximum Gasteiger partial charge on any atom is 0.414 e. The van der Waals surface area contributed by atoms with E-state index in [1.54, 1.807) is 13.8 Å². The lowest BCUT2D eigenvalue weighted by Crippen LogP contribution is -2.33. The Kier molecular flexibility index (Phi) is 2.14. The van der Waals surface area contributed by atoms with Gasteiger partial charge in [-0.3, -0.25) is 0 Å². The number of halogens is 3. The van der Waals surface area contributed by atoms with Crippen molar-refractivity contribution in [2.45, 2.75) is 26.1 Å². The Labute approximate surface area is 63.5 Å². The molecule has 1 saturated heterocycles. The average Bonchev–Trinajstić information content (AvgIpc) is 2.11. The number of hydrogen-bond acceptors (Lipinski definition) is 1. The number of rotatable bonds is 0. The zero-order valence-corrected chi connectivity index (χ0v) is 6.48. The zero-order chi connectivity index (χ0) is 8.65. The molecule has 1 rings (SSSR count). The van der Waals surface area contributed by atoms with Gasteiger partial charge in [0.1, 0.15) is 0 Å². The van der Waals surface area contributed by atoms with Crippen molar-refractivity contribution >= 4 is 0 Å². The van der Waals surface area contributed by atoms with E-state index in [1.807, 2.05) is 0 Å². The molecule has 1 nitrogen and oxygen atoms in total. The maximum absolute atomic E-state index is 12.1. The molecule has 0 spiro atoms. The van der Waals surface area contributed by atoms with Crippen LogP contribution >= 0.6 is 0 Å². The molecule has 3 unspecified atom stereocenters. The van der Waals surface area contributed by atoms with Crippen LogP contribution in [0, 0.1) is 11.8 Å². The minimum absolute atomic E-state index is 0.0154. The van der Waals surface area contributed by atoms with E-state index in [9.17, 15) is 13.2 Å². The molecule has 0 radical (unpaired) electrons. The van der Waals surface area contributed by atoms with Crippen LogP contribution in [0.3, 0.4) is 0 Å². The van der Waals surface area contributed by atoms with Crippen molar-refractivity contribution in [1.29, 1.82) is 0 Å². The molecule has 1 aliphatic rings. The van der Waals surface area contributed by atoms with Gasteiger partial charge in [0.25, 0.3) is 0 Å². The van der Waals surface area contributed by atoms with Crippen LogP contribution in [-0.4, -0.2) is 18.9 Å². The van der Waals surface area contributed by atoms with Gasteiger partial charge in [0.2, 0.25) is 0 Å². The molecule has 1 aliphatic heterocycles. The van der Waals surface area contributed by atoms with E-state index < -0.39 is 18.2 Å². The number of ether oxygens (including phenoxy) is 1. The van der Waals surface area contributed by atoms with E-state index in [4.69, 9.17) is 0 Å². The molecule has 0 aromatic carbocycles. The Morgan fingerprint density at radius 1 is 1.27 bits per heavy atom.